The van der Waals surface area contributed by atoms with E-state index in [-0.39, 0.29) is 32.6 Å². The van der Waals surface area contributed by atoms with Crippen LogP contribution in [0.1, 0.15) is 17.2 Å². The molecule has 1 heterocycles. The molecule has 198 valence electrons. The molecule has 1 atom stereocenters. The third-order valence-electron chi connectivity index (χ3n) is 5.68. The second-order valence-electron chi connectivity index (χ2n) is 7.96. The zero-order valence-electron chi connectivity index (χ0n) is 19.7. The molecule has 0 radical (unpaired) electrons. The van der Waals surface area contributed by atoms with E-state index < -0.39 is 35.6 Å². The second kappa shape index (κ2) is 10.5. The number of anilines is 1. The fourth-order valence-corrected chi connectivity index (χ4v) is 4.72. The van der Waals surface area contributed by atoms with Crippen LogP contribution >= 0.6 is 23.2 Å². The molecule has 1 aliphatic rings. The van der Waals surface area contributed by atoms with Crippen molar-refractivity contribution in [3.63, 3.8) is 0 Å². The maximum absolute atomic E-state index is 13.3. The number of carbonyl (C=O) groups is 2. The van der Waals surface area contributed by atoms with Gasteiger partial charge in [-0.15, -0.1) is 13.2 Å². The van der Waals surface area contributed by atoms with E-state index in [4.69, 9.17) is 32.7 Å². The molecule has 4 rings (SSSR count). The number of aliphatic hydroxyl groups excluding tert-OH is 1. The normalized spacial score (nSPS) is 17.0. The molecule has 1 unspecified atom stereocenters. The number of hydrogen-bond acceptors (Lipinski definition) is 6. The Morgan fingerprint density at radius 2 is 1.55 bits per heavy atom. The Balaban J connectivity index is 1.90. The van der Waals surface area contributed by atoms with Gasteiger partial charge in [0.05, 0.1) is 35.9 Å². The molecule has 1 amide bonds. The summed E-state index contributed by atoms with van der Waals surface area (Å²) in [6.45, 7) is 0. The van der Waals surface area contributed by atoms with Crippen LogP contribution in [0.15, 0.2) is 66.2 Å². The summed E-state index contributed by atoms with van der Waals surface area (Å²) in [5.74, 6) is -2.59. The van der Waals surface area contributed by atoms with E-state index in [1.165, 1.54) is 38.5 Å². The van der Waals surface area contributed by atoms with Crippen LogP contribution in [-0.2, 0) is 9.59 Å². The number of Topliss-reactive ketones (excluding diaryl/α,β-unsaturated/α-hetero) is 1. The monoisotopic (exact) mass is 567 g/mol. The summed E-state index contributed by atoms with van der Waals surface area (Å²) in [5.41, 5.74) is 0.211. The Morgan fingerprint density at radius 1 is 0.921 bits per heavy atom. The van der Waals surface area contributed by atoms with Crippen LogP contribution in [0.5, 0.6) is 17.2 Å². The minimum Gasteiger partial charge on any atom is -0.507 e. The van der Waals surface area contributed by atoms with Gasteiger partial charge in [0, 0.05) is 11.3 Å². The van der Waals surface area contributed by atoms with Crippen LogP contribution in [0.25, 0.3) is 5.76 Å². The molecule has 0 bridgehead atoms. The van der Waals surface area contributed by atoms with Crippen molar-refractivity contribution in [2.24, 2.45) is 0 Å². The Bertz CT molecular complexity index is 1420. The number of nitrogens with zero attached hydrogens (tertiary/aromatic N) is 1. The van der Waals surface area contributed by atoms with Gasteiger partial charge in [0.2, 0.25) is 0 Å². The highest BCUT2D eigenvalue weighted by Crippen LogP contribution is 2.44. The summed E-state index contributed by atoms with van der Waals surface area (Å²) in [5, 5.41) is 11.4. The number of methoxy groups -OCH3 is 2. The zero-order valence-corrected chi connectivity index (χ0v) is 21.2. The van der Waals surface area contributed by atoms with Gasteiger partial charge in [0.15, 0.2) is 5.75 Å². The number of rotatable bonds is 6. The second-order valence-corrected chi connectivity index (χ2v) is 8.77. The molecule has 1 saturated heterocycles. The first-order valence-corrected chi connectivity index (χ1v) is 11.5. The number of amides is 1. The molecule has 1 aliphatic heterocycles. The summed E-state index contributed by atoms with van der Waals surface area (Å²) < 4.78 is 52.1. The topological polar surface area (TPSA) is 85.3 Å². The largest absolute Gasteiger partial charge is 0.573 e. The predicted octanol–water partition coefficient (Wildman–Crippen LogP) is 6.54. The Hall–Kier alpha value is -3.89. The molecule has 3 aromatic rings. The van der Waals surface area contributed by atoms with Crippen molar-refractivity contribution in [1.29, 1.82) is 0 Å². The number of ether oxygens (including phenoxy) is 3. The lowest BCUT2D eigenvalue weighted by Gasteiger charge is -2.26. The Labute approximate surface area is 224 Å². The van der Waals surface area contributed by atoms with Crippen LogP contribution in [0.4, 0.5) is 18.9 Å². The first kappa shape index (κ1) is 27.2. The molecule has 38 heavy (non-hydrogen) atoms. The smallest absolute Gasteiger partial charge is 0.507 e. The van der Waals surface area contributed by atoms with Crippen molar-refractivity contribution in [3.05, 3.63) is 87.4 Å². The summed E-state index contributed by atoms with van der Waals surface area (Å²) in [7, 11) is 2.78. The Morgan fingerprint density at radius 3 is 2.11 bits per heavy atom. The van der Waals surface area contributed by atoms with Crippen molar-refractivity contribution in [1.82, 2.24) is 0 Å². The quantitative estimate of drug-likeness (QED) is 0.207. The van der Waals surface area contributed by atoms with Gasteiger partial charge in [-0.1, -0.05) is 35.3 Å². The molecule has 0 saturated carbocycles. The highest BCUT2D eigenvalue weighted by atomic mass is 35.5. The van der Waals surface area contributed by atoms with Gasteiger partial charge in [0.25, 0.3) is 11.7 Å². The summed E-state index contributed by atoms with van der Waals surface area (Å²) in [6, 6.07) is 12.3. The van der Waals surface area contributed by atoms with Crippen LogP contribution in [-0.4, -0.2) is 37.4 Å². The lowest BCUT2D eigenvalue weighted by Crippen LogP contribution is -2.29. The van der Waals surface area contributed by atoms with Crippen molar-refractivity contribution >= 4 is 46.3 Å². The van der Waals surface area contributed by atoms with Gasteiger partial charge in [-0.3, -0.25) is 14.5 Å². The van der Waals surface area contributed by atoms with Gasteiger partial charge >= 0.3 is 6.36 Å². The molecule has 1 N–H and O–H groups in total. The van der Waals surface area contributed by atoms with E-state index in [0.717, 1.165) is 17.0 Å². The maximum Gasteiger partial charge on any atom is 0.573 e. The molecular formula is C26H18Cl2F3NO6. The maximum atomic E-state index is 13.3. The molecule has 0 aromatic heterocycles. The number of ketones is 1. The van der Waals surface area contributed by atoms with E-state index in [1.54, 1.807) is 24.3 Å². The average Bonchev–Trinajstić information content (AvgIpc) is 3.13. The number of alkyl halides is 3. The van der Waals surface area contributed by atoms with E-state index in [9.17, 15) is 27.9 Å². The first-order chi connectivity index (χ1) is 17.9. The number of hydrogen-bond donors (Lipinski definition) is 1. The molecule has 12 heteroatoms. The van der Waals surface area contributed by atoms with Gasteiger partial charge in [-0.25, -0.2) is 0 Å². The van der Waals surface area contributed by atoms with Crippen LogP contribution in [0, 0.1) is 0 Å². The van der Waals surface area contributed by atoms with Crippen LogP contribution in [0.3, 0.4) is 0 Å². The van der Waals surface area contributed by atoms with Crippen LogP contribution < -0.4 is 19.1 Å². The molecule has 3 aromatic carbocycles. The van der Waals surface area contributed by atoms with Crippen LogP contribution in [0.2, 0.25) is 10.0 Å². The SMILES string of the molecule is COc1cccc(C2/C(=C(\O)c3cc(Cl)c(OC)c(Cl)c3)C(=O)C(=O)N2c2ccc(OC(F)(F)F)cc2)c1. The third kappa shape index (κ3) is 5.23. The van der Waals surface area contributed by atoms with Crippen molar-refractivity contribution in [3.8, 4) is 17.2 Å². The van der Waals surface area contributed by atoms with Gasteiger partial charge in [-0.05, 0) is 54.1 Å². The lowest BCUT2D eigenvalue weighted by molar-refractivity contribution is -0.274. The van der Waals surface area contributed by atoms with Crippen molar-refractivity contribution in [2.45, 2.75) is 12.4 Å². The number of aliphatic hydroxyl groups is 1. The third-order valence-corrected chi connectivity index (χ3v) is 6.24. The summed E-state index contributed by atoms with van der Waals surface area (Å²) in [6.07, 6.45) is -4.91. The standard InChI is InChI=1S/C26H18Cl2F3NO6/c1-36-17-5-3-4-13(10-17)21-20(22(33)14-11-18(27)24(37-2)19(28)12-14)23(34)25(35)32(21)15-6-8-16(9-7-15)38-26(29,30)31/h3-12,21,33H,1-2H3/b22-20+. The molecule has 1 fully saturated rings. The highest BCUT2D eigenvalue weighted by molar-refractivity contribution is 6.51. The van der Waals surface area contributed by atoms with Gasteiger partial charge in [0.1, 0.15) is 17.3 Å². The number of halogens is 5. The average molecular weight is 568 g/mol. The summed E-state index contributed by atoms with van der Waals surface area (Å²) in [4.78, 5) is 27.6. The van der Waals surface area contributed by atoms with E-state index in [0.29, 0.717) is 11.3 Å². The highest BCUT2D eigenvalue weighted by Gasteiger charge is 2.47. The van der Waals surface area contributed by atoms with Gasteiger partial charge in [-0.2, -0.15) is 0 Å². The van der Waals surface area contributed by atoms with E-state index >= 15 is 0 Å². The van der Waals surface area contributed by atoms with Gasteiger partial charge < -0.3 is 19.3 Å². The zero-order chi connectivity index (χ0) is 27.8. The molecule has 7 nitrogen and oxygen atoms in total. The molecule has 0 spiro atoms. The van der Waals surface area contributed by atoms with Crippen molar-refractivity contribution in [2.75, 3.05) is 19.1 Å². The molecule has 0 aliphatic carbocycles. The first-order valence-electron chi connectivity index (χ1n) is 10.8. The molecular weight excluding hydrogens is 550 g/mol. The fraction of sp³-hybridized carbons (Fsp3) is 0.154. The minimum atomic E-state index is -4.91. The van der Waals surface area contributed by atoms with E-state index in [2.05, 4.69) is 4.74 Å². The number of carbonyl (C=O) groups excluding carboxylic acids is 2. The predicted molar refractivity (Wildman–Crippen MR) is 134 cm³/mol. The Kier molecular flexibility index (Phi) is 7.48. The number of benzene rings is 3. The van der Waals surface area contributed by atoms with Crippen molar-refractivity contribution < 1.29 is 42.1 Å². The van der Waals surface area contributed by atoms with E-state index in [1.807, 2.05) is 0 Å². The summed E-state index contributed by atoms with van der Waals surface area (Å²) >= 11 is 12.4. The lowest BCUT2D eigenvalue weighted by atomic mass is 9.95. The minimum absolute atomic E-state index is 0.0422. The fourth-order valence-electron chi connectivity index (χ4n) is 4.08.